The smallest absolute Gasteiger partial charge is 0.225 e. The molecular formula is C18H13F2NO2S. The van der Waals surface area contributed by atoms with E-state index in [4.69, 9.17) is 5.14 Å². The van der Waals surface area contributed by atoms with Gasteiger partial charge in [0.2, 0.25) is 10.0 Å². The Balaban J connectivity index is 2.30. The van der Waals surface area contributed by atoms with Gasteiger partial charge < -0.3 is 0 Å². The fourth-order valence-electron chi connectivity index (χ4n) is 2.62. The van der Waals surface area contributed by atoms with Crippen LogP contribution in [0.3, 0.4) is 0 Å². The molecule has 0 amide bonds. The molecular weight excluding hydrogens is 332 g/mol. The second kappa shape index (κ2) is 6.14. The third kappa shape index (κ3) is 3.20. The van der Waals surface area contributed by atoms with E-state index in [0.717, 1.165) is 6.07 Å². The molecule has 3 aromatic rings. The third-order valence-electron chi connectivity index (χ3n) is 3.58. The van der Waals surface area contributed by atoms with E-state index in [2.05, 4.69) is 0 Å². The van der Waals surface area contributed by atoms with Crippen molar-refractivity contribution in [1.82, 2.24) is 0 Å². The Kier molecular flexibility index (Phi) is 4.17. The van der Waals surface area contributed by atoms with Crippen LogP contribution in [0.15, 0.2) is 71.6 Å². The van der Waals surface area contributed by atoms with Crippen LogP contribution in [0.5, 0.6) is 0 Å². The van der Waals surface area contributed by atoms with E-state index in [0.29, 0.717) is 22.3 Å². The summed E-state index contributed by atoms with van der Waals surface area (Å²) in [5.74, 6) is -1.42. The van der Waals surface area contributed by atoms with Crippen LogP contribution < -0.4 is 5.14 Å². The van der Waals surface area contributed by atoms with Gasteiger partial charge in [-0.2, -0.15) is 0 Å². The fraction of sp³-hybridized carbons (Fsp3) is 0. The van der Waals surface area contributed by atoms with E-state index < -0.39 is 21.7 Å². The summed E-state index contributed by atoms with van der Waals surface area (Å²) in [5.41, 5.74) is 1.71. The standard InChI is InChI=1S/C18H13F2NO2S/c19-13-9-12(10-14(20)11-13)15-5-1-2-6-16(15)17-7-3-4-8-18(17)24(21,22)23/h1-11H,(H2,21,22,23). The first kappa shape index (κ1) is 16.3. The summed E-state index contributed by atoms with van der Waals surface area (Å²) in [4.78, 5) is -0.0469. The van der Waals surface area contributed by atoms with Crippen molar-refractivity contribution in [1.29, 1.82) is 0 Å². The van der Waals surface area contributed by atoms with E-state index in [1.54, 1.807) is 42.5 Å². The van der Waals surface area contributed by atoms with Crippen LogP contribution in [0.4, 0.5) is 8.78 Å². The van der Waals surface area contributed by atoms with E-state index in [1.165, 1.54) is 18.2 Å². The van der Waals surface area contributed by atoms with Crippen molar-refractivity contribution in [3.8, 4) is 22.3 Å². The quantitative estimate of drug-likeness (QED) is 0.781. The normalized spacial score (nSPS) is 11.5. The maximum atomic E-state index is 13.6. The lowest BCUT2D eigenvalue weighted by Gasteiger charge is -2.13. The molecule has 122 valence electrons. The van der Waals surface area contributed by atoms with E-state index in [9.17, 15) is 17.2 Å². The molecule has 0 bridgehead atoms. The maximum Gasteiger partial charge on any atom is 0.238 e. The second-order valence-electron chi connectivity index (χ2n) is 5.24. The van der Waals surface area contributed by atoms with Crippen LogP contribution in [-0.2, 0) is 10.0 Å². The van der Waals surface area contributed by atoms with Crippen molar-refractivity contribution in [3.05, 3.63) is 78.4 Å². The molecule has 0 aliphatic heterocycles. The Labute approximate surface area is 138 Å². The SMILES string of the molecule is NS(=O)(=O)c1ccccc1-c1ccccc1-c1cc(F)cc(F)c1. The molecule has 3 aromatic carbocycles. The zero-order valence-corrected chi connectivity index (χ0v) is 13.2. The summed E-state index contributed by atoms with van der Waals surface area (Å²) in [7, 11) is -3.95. The molecule has 6 heteroatoms. The topological polar surface area (TPSA) is 60.2 Å². The largest absolute Gasteiger partial charge is 0.238 e. The minimum Gasteiger partial charge on any atom is -0.225 e. The number of sulfonamides is 1. The molecule has 0 saturated heterocycles. The monoisotopic (exact) mass is 345 g/mol. The van der Waals surface area contributed by atoms with E-state index in [-0.39, 0.29) is 4.90 Å². The van der Waals surface area contributed by atoms with Crippen molar-refractivity contribution >= 4 is 10.0 Å². The summed E-state index contributed by atoms with van der Waals surface area (Å²) in [5, 5.41) is 5.28. The summed E-state index contributed by atoms with van der Waals surface area (Å²) in [6.07, 6.45) is 0. The highest BCUT2D eigenvalue weighted by atomic mass is 32.2. The number of primary sulfonamides is 1. The van der Waals surface area contributed by atoms with Gasteiger partial charge in [0.05, 0.1) is 4.90 Å². The number of rotatable bonds is 3. The zero-order valence-electron chi connectivity index (χ0n) is 12.4. The Morgan fingerprint density at radius 3 is 1.79 bits per heavy atom. The molecule has 0 saturated carbocycles. The van der Waals surface area contributed by atoms with E-state index >= 15 is 0 Å². The Hall–Kier alpha value is -2.57. The molecule has 0 aromatic heterocycles. The number of halogens is 2. The van der Waals surface area contributed by atoms with E-state index in [1.807, 2.05) is 0 Å². The summed E-state index contributed by atoms with van der Waals surface area (Å²) in [6.45, 7) is 0. The average Bonchev–Trinajstić information content (AvgIpc) is 2.53. The molecule has 0 unspecified atom stereocenters. The second-order valence-corrected chi connectivity index (χ2v) is 6.77. The van der Waals surface area contributed by atoms with Gasteiger partial charge in [0.1, 0.15) is 11.6 Å². The predicted molar refractivity (Wildman–Crippen MR) is 88.6 cm³/mol. The van der Waals surface area contributed by atoms with Crippen molar-refractivity contribution in [2.24, 2.45) is 5.14 Å². The Morgan fingerprint density at radius 2 is 1.21 bits per heavy atom. The summed E-state index contributed by atoms with van der Waals surface area (Å²) in [6, 6.07) is 16.2. The molecule has 0 aliphatic carbocycles. The first-order valence-electron chi connectivity index (χ1n) is 7.04. The fourth-order valence-corrected chi connectivity index (χ4v) is 3.37. The molecule has 2 N–H and O–H groups in total. The van der Waals surface area contributed by atoms with Gasteiger partial charge >= 0.3 is 0 Å². The van der Waals surface area contributed by atoms with Gasteiger partial charge in [-0.15, -0.1) is 0 Å². The zero-order chi connectivity index (χ0) is 17.3. The average molecular weight is 345 g/mol. The lowest BCUT2D eigenvalue weighted by Crippen LogP contribution is -2.13. The molecule has 0 radical (unpaired) electrons. The molecule has 24 heavy (non-hydrogen) atoms. The van der Waals surface area contributed by atoms with Crippen molar-refractivity contribution in [2.45, 2.75) is 4.90 Å². The van der Waals surface area contributed by atoms with Crippen molar-refractivity contribution in [2.75, 3.05) is 0 Å². The van der Waals surface area contributed by atoms with Gasteiger partial charge in [-0.3, -0.25) is 0 Å². The number of hydrogen-bond acceptors (Lipinski definition) is 2. The third-order valence-corrected chi connectivity index (χ3v) is 4.55. The Bertz CT molecular complexity index is 997. The lowest BCUT2D eigenvalue weighted by molar-refractivity contribution is 0.584. The lowest BCUT2D eigenvalue weighted by atomic mass is 9.94. The minimum atomic E-state index is -3.95. The van der Waals surface area contributed by atoms with Gasteiger partial charge in [0, 0.05) is 11.6 Å². The predicted octanol–water partition coefficient (Wildman–Crippen LogP) is 3.95. The highest BCUT2D eigenvalue weighted by molar-refractivity contribution is 7.89. The molecule has 3 nitrogen and oxygen atoms in total. The first-order chi connectivity index (χ1) is 11.4. The Morgan fingerprint density at radius 1 is 0.708 bits per heavy atom. The van der Waals surface area contributed by atoms with Crippen LogP contribution >= 0.6 is 0 Å². The van der Waals surface area contributed by atoms with Gasteiger partial charge in [-0.05, 0) is 34.9 Å². The highest BCUT2D eigenvalue weighted by Crippen LogP contribution is 2.35. The molecule has 3 rings (SSSR count). The molecule has 0 fully saturated rings. The minimum absolute atomic E-state index is 0.0469. The highest BCUT2D eigenvalue weighted by Gasteiger charge is 2.17. The van der Waals surface area contributed by atoms with Gasteiger partial charge in [0.25, 0.3) is 0 Å². The van der Waals surface area contributed by atoms with Crippen LogP contribution in [-0.4, -0.2) is 8.42 Å². The van der Waals surface area contributed by atoms with Crippen LogP contribution in [0.25, 0.3) is 22.3 Å². The molecule has 0 spiro atoms. The first-order valence-corrected chi connectivity index (χ1v) is 8.58. The summed E-state index contributed by atoms with van der Waals surface area (Å²) < 4.78 is 50.8. The van der Waals surface area contributed by atoms with Gasteiger partial charge in [-0.1, -0.05) is 42.5 Å². The van der Waals surface area contributed by atoms with Crippen LogP contribution in [0.2, 0.25) is 0 Å². The summed E-state index contributed by atoms with van der Waals surface area (Å²) >= 11 is 0. The van der Waals surface area contributed by atoms with Crippen LogP contribution in [0.1, 0.15) is 0 Å². The van der Waals surface area contributed by atoms with Gasteiger partial charge in [0.15, 0.2) is 0 Å². The van der Waals surface area contributed by atoms with Gasteiger partial charge in [-0.25, -0.2) is 22.3 Å². The van der Waals surface area contributed by atoms with Crippen LogP contribution in [0, 0.1) is 11.6 Å². The van der Waals surface area contributed by atoms with Crippen molar-refractivity contribution in [3.63, 3.8) is 0 Å². The number of nitrogens with two attached hydrogens (primary N) is 1. The molecule has 0 heterocycles. The molecule has 0 atom stereocenters. The number of benzene rings is 3. The molecule has 0 aliphatic rings. The maximum absolute atomic E-state index is 13.6. The number of hydrogen-bond donors (Lipinski definition) is 1. The van der Waals surface area contributed by atoms with Crippen molar-refractivity contribution < 1.29 is 17.2 Å².